The summed E-state index contributed by atoms with van der Waals surface area (Å²) in [7, 11) is 0. The van der Waals surface area contributed by atoms with Crippen LogP contribution >= 0.6 is 23.4 Å². The van der Waals surface area contributed by atoms with Gasteiger partial charge in [0.2, 0.25) is 0 Å². The molecule has 0 bridgehead atoms. The van der Waals surface area contributed by atoms with Gasteiger partial charge in [-0.3, -0.25) is 9.59 Å². The number of Topliss-reactive ketones (excluding diaryl/α,β-unsaturated/α-hetero) is 2. The number of ketones is 2. The largest absolute Gasteiger partial charge is 0.384 e. The zero-order chi connectivity index (χ0) is 16.5. The first kappa shape index (κ1) is 19.3. The molecule has 0 amide bonds. The first-order chi connectivity index (χ1) is 10.5. The van der Waals surface area contributed by atoms with E-state index in [0.29, 0.717) is 36.6 Å². The second-order valence-electron chi connectivity index (χ2n) is 5.57. The number of carbonyl (C=O) groups is 2. The summed E-state index contributed by atoms with van der Waals surface area (Å²) in [5.41, 5.74) is 2.56. The van der Waals surface area contributed by atoms with E-state index < -0.39 is 0 Å². The third-order valence-electron chi connectivity index (χ3n) is 3.80. The Morgan fingerprint density at radius 1 is 1.36 bits per heavy atom. The van der Waals surface area contributed by atoms with Crippen LogP contribution in [0.1, 0.15) is 46.5 Å². The van der Waals surface area contributed by atoms with Crippen molar-refractivity contribution in [2.24, 2.45) is 5.92 Å². The molecule has 0 radical (unpaired) electrons. The zero-order valence-corrected chi connectivity index (χ0v) is 15.2. The summed E-state index contributed by atoms with van der Waals surface area (Å²) in [4.78, 5) is 24.8. The van der Waals surface area contributed by atoms with E-state index in [-0.39, 0.29) is 17.5 Å². The second-order valence-corrected chi connectivity index (χ2v) is 7.54. The molecule has 0 heterocycles. The molecule has 1 unspecified atom stereocenters. The molecule has 1 N–H and O–H groups in total. The fourth-order valence-corrected chi connectivity index (χ4v) is 3.96. The molecule has 0 aromatic heterocycles. The van der Waals surface area contributed by atoms with Gasteiger partial charge in [-0.15, -0.1) is 0 Å². The van der Waals surface area contributed by atoms with Crippen LogP contribution in [-0.2, 0) is 9.59 Å². The minimum Gasteiger partial charge on any atom is -0.384 e. The highest BCUT2D eigenvalue weighted by Gasteiger charge is 2.32. The van der Waals surface area contributed by atoms with Gasteiger partial charge in [-0.25, -0.2) is 0 Å². The maximum absolute atomic E-state index is 12.4. The summed E-state index contributed by atoms with van der Waals surface area (Å²) >= 11 is 7.38. The van der Waals surface area contributed by atoms with Gasteiger partial charge in [0.15, 0.2) is 11.6 Å². The molecule has 0 aromatic carbocycles. The van der Waals surface area contributed by atoms with Gasteiger partial charge in [-0.05, 0) is 24.5 Å². The van der Waals surface area contributed by atoms with E-state index in [2.05, 4.69) is 19.2 Å². The van der Waals surface area contributed by atoms with Crippen LogP contribution in [0, 0.1) is 5.92 Å². The maximum atomic E-state index is 12.4. The van der Waals surface area contributed by atoms with Crippen LogP contribution < -0.4 is 5.32 Å². The highest BCUT2D eigenvalue weighted by atomic mass is 35.5. The minimum atomic E-state index is -0.00542. The van der Waals surface area contributed by atoms with Gasteiger partial charge < -0.3 is 5.32 Å². The average Bonchev–Trinajstić information content (AvgIpc) is 2.45. The number of rotatable bonds is 8. The van der Waals surface area contributed by atoms with Crippen LogP contribution in [0.4, 0.5) is 0 Å². The lowest BCUT2D eigenvalue weighted by Gasteiger charge is -2.26. The molecular weight excluding hydrogens is 318 g/mol. The lowest BCUT2D eigenvalue weighted by atomic mass is 9.80. The summed E-state index contributed by atoms with van der Waals surface area (Å²) in [6.45, 7) is 6.79. The molecule has 0 aliphatic heterocycles. The fourth-order valence-electron chi connectivity index (χ4n) is 2.90. The van der Waals surface area contributed by atoms with Crippen LogP contribution in [-0.4, -0.2) is 29.1 Å². The van der Waals surface area contributed by atoms with Crippen LogP contribution in [0.15, 0.2) is 22.9 Å². The van der Waals surface area contributed by atoms with E-state index in [4.69, 9.17) is 11.6 Å². The molecule has 1 rings (SSSR count). The van der Waals surface area contributed by atoms with E-state index in [1.807, 2.05) is 18.7 Å². The predicted octanol–water partition coefficient (Wildman–Crippen LogP) is 4.07. The minimum absolute atomic E-state index is 0.00542. The molecule has 0 saturated heterocycles. The predicted molar refractivity (Wildman–Crippen MR) is 95.3 cm³/mol. The van der Waals surface area contributed by atoms with Crippen molar-refractivity contribution in [2.45, 2.75) is 51.7 Å². The van der Waals surface area contributed by atoms with Crippen LogP contribution in [0.3, 0.4) is 0 Å². The monoisotopic (exact) mass is 343 g/mol. The summed E-state index contributed by atoms with van der Waals surface area (Å²) in [6.07, 6.45) is 4.32. The number of nitrogens with one attached hydrogen (secondary N) is 1. The molecule has 124 valence electrons. The molecular formula is C17H26ClNO2S. The second kappa shape index (κ2) is 10.1. The number of carbonyl (C=O) groups excluding carboxylic acids is 2. The van der Waals surface area contributed by atoms with Gasteiger partial charge >= 0.3 is 0 Å². The van der Waals surface area contributed by atoms with E-state index in [0.717, 1.165) is 17.9 Å². The van der Waals surface area contributed by atoms with Crippen molar-refractivity contribution in [3.8, 4) is 0 Å². The molecule has 5 heteroatoms. The van der Waals surface area contributed by atoms with Crippen LogP contribution in [0.5, 0.6) is 0 Å². The molecule has 1 aliphatic carbocycles. The van der Waals surface area contributed by atoms with Gasteiger partial charge in [0.25, 0.3) is 0 Å². The third-order valence-corrected chi connectivity index (χ3v) is 5.07. The summed E-state index contributed by atoms with van der Waals surface area (Å²) in [5, 5.41) is 3.64. The highest BCUT2D eigenvalue weighted by molar-refractivity contribution is 7.99. The Labute approximate surface area is 142 Å². The van der Waals surface area contributed by atoms with Crippen molar-refractivity contribution < 1.29 is 9.59 Å². The molecule has 0 spiro atoms. The SMILES string of the molecule is CCSC(C)CC1CC(=O)C(=C(CC)NCC=CCl)C(=O)C1. The van der Waals surface area contributed by atoms with Gasteiger partial charge in [-0.1, -0.05) is 38.4 Å². The summed E-state index contributed by atoms with van der Waals surface area (Å²) < 4.78 is 0. The van der Waals surface area contributed by atoms with Gasteiger partial charge in [-0.2, -0.15) is 11.8 Å². The maximum Gasteiger partial charge on any atom is 0.168 e. The molecule has 22 heavy (non-hydrogen) atoms. The smallest absolute Gasteiger partial charge is 0.168 e. The van der Waals surface area contributed by atoms with E-state index >= 15 is 0 Å². The van der Waals surface area contributed by atoms with Crippen molar-refractivity contribution in [1.29, 1.82) is 0 Å². The Bertz CT molecular complexity index is 440. The Morgan fingerprint density at radius 3 is 2.50 bits per heavy atom. The lowest BCUT2D eigenvalue weighted by molar-refractivity contribution is -0.125. The Morgan fingerprint density at radius 2 is 2.00 bits per heavy atom. The van der Waals surface area contributed by atoms with Crippen molar-refractivity contribution >= 4 is 34.9 Å². The highest BCUT2D eigenvalue weighted by Crippen LogP contribution is 2.31. The Kier molecular flexibility index (Phi) is 8.88. The van der Waals surface area contributed by atoms with E-state index in [9.17, 15) is 9.59 Å². The van der Waals surface area contributed by atoms with Crippen LogP contribution in [0.2, 0.25) is 0 Å². The third kappa shape index (κ3) is 5.81. The van der Waals surface area contributed by atoms with Crippen molar-refractivity contribution in [3.05, 3.63) is 22.9 Å². The van der Waals surface area contributed by atoms with Gasteiger partial charge in [0.05, 0.1) is 5.57 Å². The lowest BCUT2D eigenvalue weighted by Crippen LogP contribution is -2.31. The van der Waals surface area contributed by atoms with E-state index in [1.54, 1.807) is 6.08 Å². The number of hydrogen-bond donors (Lipinski definition) is 1. The van der Waals surface area contributed by atoms with Crippen molar-refractivity contribution in [1.82, 2.24) is 5.32 Å². The fraction of sp³-hybridized carbons (Fsp3) is 0.647. The Balaban J connectivity index is 2.76. The molecule has 1 fully saturated rings. The quantitative estimate of drug-likeness (QED) is 0.533. The zero-order valence-electron chi connectivity index (χ0n) is 13.7. The molecule has 1 saturated carbocycles. The normalized spacial score (nSPS) is 20.5. The molecule has 0 aromatic rings. The number of thioether (sulfide) groups is 1. The first-order valence-electron chi connectivity index (χ1n) is 7.93. The standard InChI is InChI=1S/C17H26ClNO2S/c1-4-14(19-8-6-7-18)17-15(20)10-13(11-16(17)21)9-12(3)22-5-2/h6-7,12-13,19H,4-5,8-11H2,1-3H3. The molecule has 1 aliphatic rings. The first-order valence-corrected chi connectivity index (χ1v) is 9.42. The topological polar surface area (TPSA) is 46.2 Å². The molecule has 1 atom stereocenters. The van der Waals surface area contributed by atoms with Crippen LogP contribution in [0.25, 0.3) is 0 Å². The van der Waals surface area contributed by atoms with Crippen molar-refractivity contribution in [2.75, 3.05) is 12.3 Å². The van der Waals surface area contributed by atoms with Crippen molar-refractivity contribution in [3.63, 3.8) is 0 Å². The summed E-state index contributed by atoms with van der Waals surface area (Å²) in [5.74, 6) is 1.25. The molecule has 3 nitrogen and oxygen atoms in total. The van der Waals surface area contributed by atoms with Gasteiger partial charge in [0, 0.05) is 35.9 Å². The number of hydrogen-bond acceptors (Lipinski definition) is 4. The Hall–Kier alpha value is -0.740. The van der Waals surface area contributed by atoms with E-state index in [1.165, 1.54) is 5.54 Å². The summed E-state index contributed by atoms with van der Waals surface area (Å²) in [6, 6.07) is 0. The van der Waals surface area contributed by atoms with Gasteiger partial charge in [0.1, 0.15) is 0 Å². The average molecular weight is 344 g/mol. The number of halogens is 1. The number of allylic oxidation sites excluding steroid dienone is 2.